The van der Waals surface area contributed by atoms with Gasteiger partial charge < -0.3 is 10.3 Å². The second-order valence-corrected chi connectivity index (χ2v) is 5.67. The lowest BCUT2D eigenvalue weighted by Gasteiger charge is -2.11. The van der Waals surface area contributed by atoms with Gasteiger partial charge in [-0.3, -0.25) is 0 Å². The van der Waals surface area contributed by atoms with E-state index in [2.05, 4.69) is 36.6 Å². The maximum atomic E-state index is 5.74. The lowest BCUT2D eigenvalue weighted by Crippen LogP contribution is -2.15. The van der Waals surface area contributed by atoms with Crippen LogP contribution in [0.15, 0.2) is 18.2 Å². The molecule has 2 N–H and O–H groups in total. The number of fused-ring (bicyclic) bond motifs is 1. The average Bonchev–Trinajstić information content (AvgIpc) is 3.11. The van der Waals surface area contributed by atoms with Gasteiger partial charge in [-0.05, 0) is 49.9 Å². The number of aromatic nitrogens is 2. The number of nitrogens with zero attached hydrogens (tertiary/aromatic N) is 2. The van der Waals surface area contributed by atoms with E-state index < -0.39 is 0 Å². The van der Waals surface area contributed by atoms with Gasteiger partial charge in [-0.2, -0.15) is 0 Å². The summed E-state index contributed by atoms with van der Waals surface area (Å²) in [5.41, 5.74) is 9.46. The Bertz CT molecular complexity index is 566. The zero-order chi connectivity index (χ0) is 12.7. The van der Waals surface area contributed by atoms with E-state index in [0.29, 0.717) is 12.0 Å². The molecule has 3 heteroatoms. The summed E-state index contributed by atoms with van der Waals surface area (Å²) in [5.74, 6) is 1.72. The summed E-state index contributed by atoms with van der Waals surface area (Å²) in [4.78, 5) is 4.83. The summed E-state index contributed by atoms with van der Waals surface area (Å²) in [5, 5.41) is 0. The van der Waals surface area contributed by atoms with Crippen LogP contribution in [0.4, 0.5) is 0 Å². The highest BCUT2D eigenvalue weighted by molar-refractivity contribution is 5.77. The van der Waals surface area contributed by atoms with Gasteiger partial charge in [-0.1, -0.05) is 13.0 Å². The number of aryl methyl sites for hydroxylation is 1. The predicted molar refractivity (Wildman–Crippen MR) is 74.7 cm³/mol. The summed E-state index contributed by atoms with van der Waals surface area (Å²) in [7, 11) is 0. The number of hydrogen-bond donors (Lipinski definition) is 1. The Morgan fingerprint density at radius 2 is 2.22 bits per heavy atom. The Kier molecular flexibility index (Phi) is 2.86. The van der Waals surface area contributed by atoms with Gasteiger partial charge in [0.05, 0.1) is 11.0 Å². The number of rotatable bonds is 4. The molecular weight excluding hydrogens is 222 g/mol. The molecule has 3 rings (SSSR count). The quantitative estimate of drug-likeness (QED) is 0.897. The number of imidazole rings is 1. The van der Waals surface area contributed by atoms with Gasteiger partial charge in [-0.25, -0.2) is 4.98 Å². The predicted octanol–water partition coefficient (Wildman–Crippen LogP) is 2.82. The summed E-state index contributed by atoms with van der Waals surface area (Å²) in [6, 6.07) is 7.26. The van der Waals surface area contributed by atoms with Gasteiger partial charge >= 0.3 is 0 Å². The van der Waals surface area contributed by atoms with Crippen molar-refractivity contribution in [2.24, 2.45) is 11.7 Å². The fourth-order valence-electron chi connectivity index (χ4n) is 2.54. The van der Waals surface area contributed by atoms with Crippen molar-refractivity contribution in [3.05, 3.63) is 29.6 Å². The zero-order valence-electron chi connectivity index (χ0n) is 11.2. The van der Waals surface area contributed by atoms with Crippen molar-refractivity contribution in [3.8, 4) is 0 Å². The molecule has 1 saturated carbocycles. The van der Waals surface area contributed by atoms with E-state index in [1.807, 2.05) is 0 Å². The first kappa shape index (κ1) is 11.7. The molecule has 1 unspecified atom stereocenters. The monoisotopic (exact) mass is 243 g/mol. The van der Waals surface area contributed by atoms with Crippen LogP contribution in [-0.2, 0) is 6.42 Å². The Morgan fingerprint density at radius 3 is 2.89 bits per heavy atom. The lowest BCUT2D eigenvalue weighted by molar-refractivity contribution is 0.550. The minimum absolute atomic E-state index is 0.500. The molecule has 1 aliphatic rings. The fraction of sp³-hybridized carbons (Fsp3) is 0.533. The van der Waals surface area contributed by atoms with Crippen LogP contribution in [0.3, 0.4) is 0 Å². The van der Waals surface area contributed by atoms with Gasteiger partial charge in [0.2, 0.25) is 0 Å². The van der Waals surface area contributed by atoms with Crippen LogP contribution in [-0.4, -0.2) is 16.1 Å². The summed E-state index contributed by atoms with van der Waals surface area (Å²) in [6.07, 6.45) is 3.58. The van der Waals surface area contributed by atoms with Crippen LogP contribution in [0, 0.1) is 12.8 Å². The van der Waals surface area contributed by atoms with Gasteiger partial charge in [0, 0.05) is 12.5 Å². The highest BCUT2D eigenvalue weighted by Gasteiger charge is 2.28. The van der Waals surface area contributed by atoms with Crippen molar-refractivity contribution in [3.63, 3.8) is 0 Å². The standard InChI is InChI=1S/C15H21N3/c1-10-3-6-14-13(7-10)17-15(8-11(2)9-16)18(14)12-4-5-12/h3,6-7,11-12H,4-5,8-9,16H2,1-2H3. The molecule has 1 heterocycles. The van der Waals surface area contributed by atoms with E-state index in [0.717, 1.165) is 18.5 Å². The molecule has 1 aromatic carbocycles. The Labute approximate surface area is 108 Å². The average molecular weight is 243 g/mol. The van der Waals surface area contributed by atoms with Gasteiger partial charge in [0.25, 0.3) is 0 Å². The van der Waals surface area contributed by atoms with E-state index in [1.54, 1.807) is 0 Å². The van der Waals surface area contributed by atoms with Crippen molar-refractivity contribution in [1.82, 2.24) is 9.55 Å². The van der Waals surface area contributed by atoms with E-state index in [4.69, 9.17) is 10.7 Å². The van der Waals surface area contributed by atoms with Crippen molar-refractivity contribution in [2.45, 2.75) is 39.2 Å². The topological polar surface area (TPSA) is 43.8 Å². The van der Waals surface area contributed by atoms with Crippen LogP contribution >= 0.6 is 0 Å². The highest BCUT2D eigenvalue weighted by atomic mass is 15.1. The molecule has 2 aromatic rings. The van der Waals surface area contributed by atoms with Crippen molar-refractivity contribution < 1.29 is 0 Å². The number of benzene rings is 1. The van der Waals surface area contributed by atoms with Gasteiger partial charge in [-0.15, -0.1) is 0 Å². The summed E-state index contributed by atoms with van der Waals surface area (Å²) in [6.45, 7) is 5.05. The molecule has 0 spiro atoms. The van der Waals surface area contributed by atoms with Gasteiger partial charge in [0.15, 0.2) is 0 Å². The molecule has 1 aromatic heterocycles. The van der Waals surface area contributed by atoms with E-state index in [-0.39, 0.29) is 0 Å². The third-order valence-corrected chi connectivity index (χ3v) is 3.76. The first-order valence-corrected chi connectivity index (χ1v) is 6.86. The maximum absolute atomic E-state index is 5.74. The molecule has 0 bridgehead atoms. The van der Waals surface area contributed by atoms with E-state index in [9.17, 15) is 0 Å². The maximum Gasteiger partial charge on any atom is 0.110 e. The van der Waals surface area contributed by atoms with Crippen molar-refractivity contribution in [1.29, 1.82) is 0 Å². The second-order valence-electron chi connectivity index (χ2n) is 5.67. The molecule has 0 radical (unpaired) electrons. The van der Waals surface area contributed by atoms with E-state index >= 15 is 0 Å². The molecule has 1 fully saturated rings. The van der Waals surface area contributed by atoms with Crippen molar-refractivity contribution in [2.75, 3.05) is 6.54 Å². The minimum atomic E-state index is 0.500. The Hall–Kier alpha value is -1.35. The van der Waals surface area contributed by atoms with Crippen LogP contribution < -0.4 is 5.73 Å². The molecule has 3 nitrogen and oxygen atoms in total. The molecule has 1 aliphatic carbocycles. The molecule has 96 valence electrons. The third-order valence-electron chi connectivity index (χ3n) is 3.76. The second kappa shape index (κ2) is 4.39. The molecular formula is C15H21N3. The molecule has 0 saturated heterocycles. The molecule has 0 amide bonds. The van der Waals surface area contributed by atoms with Crippen molar-refractivity contribution >= 4 is 11.0 Å². The summed E-state index contributed by atoms with van der Waals surface area (Å²) < 4.78 is 2.45. The SMILES string of the molecule is Cc1ccc2c(c1)nc(CC(C)CN)n2C1CC1. The van der Waals surface area contributed by atoms with Crippen LogP contribution in [0.5, 0.6) is 0 Å². The molecule has 0 aliphatic heterocycles. The van der Waals surface area contributed by atoms with E-state index in [1.165, 1.54) is 29.7 Å². The highest BCUT2D eigenvalue weighted by Crippen LogP contribution is 2.39. The van der Waals surface area contributed by atoms with Crippen LogP contribution in [0.1, 0.15) is 37.2 Å². The first-order chi connectivity index (χ1) is 8.69. The van der Waals surface area contributed by atoms with Crippen LogP contribution in [0.25, 0.3) is 11.0 Å². The number of hydrogen-bond acceptors (Lipinski definition) is 2. The Morgan fingerprint density at radius 1 is 1.44 bits per heavy atom. The minimum Gasteiger partial charge on any atom is -0.330 e. The third kappa shape index (κ3) is 2.03. The first-order valence-electron chi connectivity index (χ1n) is 6.86. The van der Waals surface area contributed by atoms with Gasteiger partial charge in [0.1, 0.15) is 5.82 Å². The molecule has 18 heavy (non-hydrogen) atoms. The summed E-state index contributed by atoms with van der Waals surface area (Å²) >= 11 is 0. The zero-order valence-corrected chi connectivity index (χ0v) is 11.2. The smallest absolute Gasteiger partial charge is 0.110 e. The normalized spacial score (nSPS) is 17.3. The Balaban J connectivity index is 2.08. The fourth-order valence-corrected chi connectivity index (χ4v) is 2.54. The lowest BCUT2D eigenvalue weighted by atomic mass is 10.1. The molecule has 1 atom stereocenters. The van der Waals surface area contributed by atoms with Crippen LogP contribution in [0.2, 0.25) is 0 Å². The largest absolute Gasteiger partial charge is 0.330 e. The number of nitrogens with two attached hydrogens (primary N) is 1.